The summed E-state index contributed by atoms with van der Waals surface area (Å²) in [6.45, 7) is 0. The first-order valence-electron chi connectivity index (χ1n) is 6.92. The van der Waals surface area contributed by atoms with Crippen molar-refractivity contribution in [2.45, 2.75) is 22.7 Å². The molecule has 2 atom stereocenters. The number of benzene rings is 1. The summed E-state index contributed by atoms with van der Waals surface area (Å²) >= 11 is 1.79. The van der Waals surface area contributed by atoms with Gasteiger partial charge in [0.25, 0.3) is 0 Å². The van der Waals surface area contributed by atoms with Crippen LogP contribution in [0, 0.1) is 0 Å². The lowest BCUT2D eigenvalue weighted by Crippen LogP contribution is -2.23. The van der Waals surface area contributed by atoms with Gasteiger partial charge in [0.1, 0.15) is 16.9 Å². The molecule has 0 fully saturated rings. The number of rotatable bonds is 3. The van der Waals surface area contributed by atoms with Gasteiger partial charge in [-0.2, -0.15) is 0 Å². The van der Waals surface area contributed by atoms with Gasteiger partial charge in [0.05, 0.1) is 6.33 Å². The third-order valence-electron chi connectivity index (χ3n) is 3.95. The van der Waals surface area contributed by atoms with E-state index < -0.39 is 0 Å². The van der Waals surface area contributed by atoms with Crippen LogP contribution in [0.25, 0.3) is 11.2 Å². The highest BCUT2D eigenvalue weighted by atomic mass is 32.2. The monoisotopic (exact) mass is 297 g/mol. The molecule has 21 heavy (non-hydrogen) atoms. The lowest BCUT2D eigenvalue weighted by molar-refractivity contribution is 0.603. The number of thioether (sulfide) groups is 1. The fraction of sp³-hybridized carbons (Fsp3) is 0.267. The average molecular weight is 297 g/mol. The number of nitrogens with one attached hydrogen (secondary N) is 2. The Kier molecular flexibility index (Phi) is 3.12. The second kappa shape index (κ2) is 5.13. The summed E-state index contributed by atoms with van der Waals surface area (Å²) in [5.74, 6) is 0. The van der Waals surface area contributed by atoms with E-state index in [-0.39, 0.29) is 0 Å². The molecule has 5 nitrogen and oxygen atoms in total. The van der Waals surface area contributed by atoms with Gasteiger partial charge in [-0.1, -0.05) is 36.0 Å². The maximum Gasteiger partial charge on any atom is 0.181 e. The molecule has 0 amide bonds. The van der Waals surface area contributed by atoms with Crippen molar-refractivity contribution in [2.24, 2.45) is 0 Å². The van der Waals surface area contributed by atoms with E-state index in [2.05, 4.69) is 49.5 Å². The molecule has 1 aliphatic carbocycles. The number of hydrogen-bond acceptors (Lipinski definition) is 5. The average Bonchev–Trinajstić information content (AvgIpc) is 3.11. The Bertz CT molecular complexity index is 784. The molecule has 2 heterocycles. The van der Waals surface area contributed by atoms with Crippen LogP contribution in [0.5, 0.6) is 0 Å². The van der Waals surface area contributed by atoms with Gasteiger partial charge in [-0.3, -0.25) is 0 Å². The molecule has 2 aromatic heterocycles. The Balaban J connectivity index is 1.68. The van der Waals surface area contributed by atoms with Gasteiger partial charge < -0.3 is 10.3 Å². The second-order valence-electron chi connectivity index (χ2n) is 5.11. The number of aromatic amines is 1. The first kappa shape index (κ1) is 12.8. The minimum Gasteiger partial charge on any atom is -0.341 e. The van der Waals surface area contributed by atoms with Gasteiger partial charge in [0, 0.05) is 11.3 Å². The molecule has 4 rings (SSSR count). The van der Waals surface area contributed by atoms with Crippen LogP contribution < -0.4 is 5.32 Å². The Morgan fingerprint density at radius 2 is 2.14 bits per heavy atom. The van der Waals surface area contributed by atoms with Crippen molar-refractivity contribution in [1.82, 2.24) is 25.3 Å². The largest absolute Gasteiger partial charge is 0.341 e. The van der Waals surface area contributed by atoms with E-state index in [4.69, 9.17) is 0 Å². The van der Waals surface area contributed by atoms with Crippen LogP contribution in [0.3, 0.4) is 0 Å². The lowest BCUT2D eigenvalue weighted by Gasteiger charge is -2.19. The molecule has 0 spiro atoms. The molecule has 3 aromatic rings. The molecule has 0 bridgehead atoms. The summed E-state index contributed by atoms with van der Waals surface area (Å²) in [4.78, 5) is 15.9. The predicted molar refractivity (Wildman–Crippen MR) is 83.3 cm³/mol. The van der Waals surface area contributed by atoms with Crippen molar-refractivity contribution >= 4 is 22.9 Å². The van der Waals surface area contributed by atoms with Crippen LogP contribution in [-0.4, -0.2) is 32.2 Å². The highest BCUT2D eigenvalue weighted by Gasteiger charge is 2.32. The van der Waals surface area contributed by atoms with Gasteiger partial charge in [-0.05, 0) is 24.6 Å². The van der Waals surface area contributed by atoms with Crippen LogP contribution in [0.2, 0.25) is 0 Å². The summed E-state index contributed by atoms with van der Waals surface area (Å²) in [5.41, 5.74) is 4.47. The number of aromatic nitrogens is 4. The van der Waals surface area contributed by atoms with Crippen LogP contribution in [0.4, 0.5) is 0 Å². The van der Waals surface area contributed by atoms with E-state index in [0.29, 0.717) is 11.3 Å². The fourth-order valence-corrected chi connectivity index (χ4v) is 4.33. The van der Waals surface area contributed by atoms with Gasteiger partial charge in [0.2, 0.25) is 0 Å². The minimum atomic E-state index is 0.346. The topological polar surface area (TPSA) is 66.5 Å². The Morgan fingerprint density at radius 3 is 3.05 bits per heavy atom. The van der Waals surface area contributed by atoms with Crippen LogP contribution in [0.1, 0.15) is 17.2 Å². The number of imidazole rings is 1. The molecular weight excluding hydrogens is 282 g/mol. The SMILES string of the molecule is CNC1c2ccccc2CC1Sc1ncnc2nc[nH]c12. The molecule has 0 saturated carbocycles. The molecule has 6 heteroatoms. The van der Waals surface area contributed by atoms with Crippen molar-refractivity contribution in [2.75, 3.05) is 7.05 Å². The second-order valence-corrected chi connectivity index (χ2v) is 6.33. The van der Waals surface area contributed by atoms with Gasteiger partial charge in [-0.25, -0.2) is 15.0 Å². The van der Waals surface area contributed by atoms with Crippen molar-refractivity contribution in [1.29, 1.82) is 0 Å². The Labute approximate surface area is 126 Å². The Morgan fingerprint density at radius 1 is 1.24 bits per heavy atom. The van der Waals surface area contributed by atoms with Crippen LogP contribution in [0.15, 0.2) is 41.9 Å². The first-order chi connectivity index (χ1) is 10.4. The third kappa shape index (κ3) is 2.11. The van der Waals surface area contributed by atoms with E-state index in [9.17, 15) is 0 Å². The van der Waals surface area contributed by atoms with E-state index in [1.54, 1.807) is 24.4 Å². The maximum atomic E-state index is 4.43. The molecule has 1 aromatic carbocycles. The van der Waals surface area contributed by atoms with Crippen LogP contribution >= 0.6 is 11.8 Å². The zero-order valence-electron chi connectivity index (χ0n) is 11.6. The third-order valence-corrected chi connectivity index (χ3v) is 5.22. The van der Waals surface area contributed by atoms with Gasteiger partial charge in [0.15, 0.2) is 5.65 Å². The number of hydrogen-bond donors (Lipinski definition) is 2. The summed E-state index contributed by atoms with van der Waals surface area (Å²) in [7, 11) is 2.02. The van der Waals surface area contributed by atoms with Crippen molar-refractivity contribution in [3.05, 3.63) is 48.0 Å². The zero-order valence-corrected chi connectivity index (χ0v) is 12.4. The maximum absolute atomic E-state index is 4.43. The van der Waals surface area contributed by atoms with E-state index in [1.165, 1.54) is 11.1 Å². The van der Waals surface area contributed by atoms with Crippen LogP contribution in [-0.2, 0) is 6.42 Å². The van der Waals surface area contributed by atoms with E-state index in [1.807, 2.05) is 7.05 Å². The highest BCUT2D eigenvalue weighted by molar-refractivity contribution is 8.00. The minimum absolute atomic E-state index is 0.346. The molecule has 0 saturated heterocycles. The number of nitrogens with zero attached hydrogens (tertiary/aromatic N) is 3. The van der Waals surface area contributed by atoms with E-state index in [0.717, 1.165) is 22.6 Å². The van der Waals surface area contributed by atoms with Gasteiger partial charge in [-0.15, -0.1) is 0 Å². The standard InChI is InChI=1S/C15H15N5S/c1-16-12-10-5-3-2-4-9(10)6-11(12)21-15-13-14(18-7-17-13)19-8-20-15/h2-5,7-8,11-12,16H,6H2,1H3,(H,17,18,19,20). The van der Waals surface area contributed by atoms with Gasteiger partial charge >= 0.3 is 0 Å². The highest BCUT2D eigenvalue weighted by Crippen LogP contribution is 2.41. The molecule has 0 aliphatic heterocycles. The molecule has 2 unspecified atom stereocenters. The summed E-state index contributed by atoms with van der Waals surface area (Å²) in [6, 6.07) is 8.98. The molecule has 1 aliphatic rings. The molecular formula is C15H15N5S. The first-order valence-corrected chi connectivity index (χ1v) is 7.80. The summed E-state index contributed by atoms with van der Waals surface area (Å²) < 4.78 is 0. The molecule has 106 valence electrons. The van der Waals surface area contributed by atoms with E-state index >= 15 is 0 Å². The fourth-order valence-electron chi connectivity index (χ4n) is 2.99. The summed E-state index contributed by atoms with van der Waals surface area (Å²) in [6.07, 6.45) is 4.30. The zero-order chi connectivity index (χ0) is 14.2. The van der Waals surface area contributed by atoms with Crippen molar-refractivity contribution in [3.8, 4) is 0 Å². The number of fused-ring (bicyclic) bond motifs is 2. The van der Waals surface area contributed by atoms with Crippen molar-refractivity contribution < 1.29 is 0 Å². The quantitative estimate of drug-likeness (QED) is 0.726. The Hall–Kier alpha value is -1.92. The normalized spacial score (nSPS) is 20.8. The predicted octanol–water partition coefficient (Wildman–Crippen LogP) is 2.33. The molecule has 2 N–H and O–H groups in total. The number of H-pyrrole nitrogens is 1. The smallest absolute Gasteiger partial charge is 0.181 e. The lowest BCUT2D eigenvalue weighted by atomic mass is 10.1. The van der Waals surface area contributed by atoms with Crippen molar-refractivity contribution in [3.63, 3.8) is 0 Å². The molecule has 0 radical (unpaired) electrons. The summed E-state index contributed by atoms with van der Waals surface area (Å²) in [5, 5.41) is 4.84.